The first-order chi connectivity index (χ1) is 10.6. The lowest BCUT2D eigenvalue weighted by molar-refractivity contribution is 0.0925. The van der Waals surface area contributed by atoms with Crippen molar-refractivity contribution in [2.45, 2.75) is 18.9 Å². The van der Waals surface area contributed by atoms with Gasteiger partial charge < -0.3 is 10.2 Å². The van der Waals surface area contributed by atoms with Crippen LogP contribution in [0.2, 0.25) is 5.02 Å². The highest BCUT2D eigenvalue weighted by molar-refractivity contribution is 6.30. The zero-order chi connectivity index (χ0) is 15.5. The van der Waals surface area contributed by atoms with E-state index in [2.05, 4.69) is 25.3 Å². The molecule has 2 aromatic heterocycles. The minimum Gasteiger partial charge on any atom is -0.348 e. The molecule has 22 heavy (non-hydrogen) atoms. The first-order valence-electron chi connectivity index (χ1n) is 7.15. The second-order valence-electron chi connectivity index (χ2n) is 5.31. The van der Waals surface area contributed by atoms with Gasteiger partial charge in [0, 0.05) is 32.4 Å². The smallest absolute Gasteiger partial charge is 0.271 e. The molecule has 116 valence electrons. The Morgan fingerprint density at radius 2 is 2.00 bits per heavy atom. The third-order valence-electron chi connectivity index (χ3n) is 3.67. The van der Waals surface area contributed by atoms with Crippen molar-refractivity contribution in [3.63, 3.8) is 0 Å². The van der Waals surface area contributed by atoms with E-state index in [4.69, 9.17) is 11.6 Å². The van der Waals surface area contributed by atoms with Gasteiger partial charge in [-0.2, -0.15) is 5.10 Å². The molecule has 1 N–H and O–H groups in total. The Morgan fingerprint density at radius 3 is 2.59 bits per heavy atom. The van der Waals surface area contributed by atoms with Crippen LogP contribution in [0, 0.1) is 0 Å². The first-order valence-corrected chi connectivity index (χ1v) is 7.52. The maximum Gasteiger partial charge on any atom is 0.271 e. The van der Waals surface area contributed by atoms with Crippen molar-refractivity contribution < 1.29 is 4.79 Å². The summed E-state index contributed by atoms with van der Waals surface area (Å²) >= 11 is 5.79. The summed E-state index contributed by atoms with van der Waals surface area (Å²) in [7, 11) is 1.79. The van der Waals surface area contributed by atoms with E-state index in [1.165, 1.54) is 0 Å². The maximum atomic E-state index is 12.1. The van der Waals surface area contributed by atoms with Crippen LogP contribution in [0.4, 0.5) is 5.95 Å². The predicted molar refractivity (Wildman–Crippen MR) is 83.0 cm³/mol. The third-order valence-corrected chi connectivity index (χ3v) is 3.86. The van der Waals surface area contributed by atoms with Crippen molar-refractivity contribution in [2.24, 2.45) is 7.05 Å². The highest BCUT2D eigenvalue weighted by Crippen LogP contribution is 2.17. The van der Waals surface area contributed by atoms with Gasteiger partial charge in [-0.3, -0.25) is 9.48 Å². The van der Waals surface area contributed by atoms with Gasteiger partial charge in [0.05, 0.1) is 17.4 Å². The van der Waals surface area contributed by atoms with E-state index in [1.54, 1.807) is 36.4 Å². The Balaban J connectivity index is 1.53. The molecular weight excluding hydrogens is 304 g/mol. The molecule has 2 aromatic rings. The number of carbonyl (C=O) groups excluding carboxylic acids is 1. The van der Waals surface area contributed by atoms with Crippen molar-refractivity contribution in [2.75, 3.05) is 18.0 Å². The molecule has 1 amide bonds. The van der Waals surface area contributed by atoms with Gasteiger partial charge in [-0.25, -0.2) is 9.97 Å². The van der Waals surface area contributed by atoms with E-state index >= 15 is 0 Å². The topological polar surface area (TPSA) is 75.9 Å². The minimum absolute atomic E-state index is 0.123. The zero-order valence-electron chi connectivity index (χ0n) is 12.2. The molecule has 0 radical (unpaired) electrons. The van der Waals surface area contributed by atoms with E-state index in [0.29, 0.717) is 16.7 Å². The van der Waals surface area contributed by atoms with E-state index in [0.717, 1.165) is 25.9 Å². The Bertz CT molecular complexity index is 648. The molecule has 1 saturated heterocycles. The lowest BCUT2D eigenvalue weighted by atomic mass is 10.1. The number of hydrogen-bond donors (Lipinski definition) is 1. The van der Waals surface area contributed by atoms with Crippen LogP contribution >= 0.6 is 11.6 Å². The molecule has 0 atom stereocenters. The lowest BCUT2D eigenvalue weighted by Crippen LogP contribution is -2.45. The average molecular weight is 321 g/mol. The summed E-state index contributed by atoms with van der Waals surface area (Å²) in [6.07, 6.45) is 6.65. The summed E-state index contributed by atoms with van der Waals surface area (Å²) in [6, 6.07) is 1.87. The highest BCUT2D eigenvalue weighted by atomic mass is 35.5. The molecule has 1 fully saturated rings. The number of nitrogens with one attached hydrogen (secondary N) is 1. The Labute approximate surface area is 133 Å². The molecule has 0 aliphatic carbocycles. The summed E-state index contributed by atoms with van der Waals surface area (Å²) < 4.78 is 1.62. The van der Waals surface area contributed by atoms with Crippen LogP contribution in [0.5, 0.6) is 0 Å². The largest absolute Gasteiger partial charge is 0.348 e. The van der Waals surface area contributed by atoms with E-state index < -0.39 is 0 Å². The molecule has 1 aliphatic rings. The SMILES string of the molecule is Cn1ccc(C(=O)NC2CCN(c3ncc(Cl)cn3)CC2)n1. The number of nitrogens with zero attached hydrogens (tertiary/aromatic N) is 5. The number of carbonyl (C=O) groups is 1. The summed E-state index contributed by atoms with van der Waals surface area (Å²) in [5.41, 5.74) is 0.450. The zero-order valence-corrected chi connectivity index (χ0v) is 13.0. The van der Waals surface area contributed by atoms with Gasteiger partial charge >= 0.3 is 0 Å². The fourth-order valence-electron chi connectivity index (χ4n) is 2.49. The summed E-state index contributed by atoms with van der Waals surface area (Å²) in [4.78, 5) is 22.6. The number of anilines is 1. The minimum atomic E-state index is -0.123. The van der Waals surface area contributed by atoms with Crippen LogP contribution < -0.4 is 10.2 Å². The standard InChI is InChI=1S/C14H17ClN6O/c1-20-5-4-12(19-20)13(22)18-11-2-6-21(7-3-11)14-16-8-10(15)9-17-14/h4-5,8-9,11H,2-3,6-7H2,1H3,(H,18,22). The van der Waals surface area contributed by atoms with Gasteiger partial charge in [-0.15, -0.1) is 0 Å². The fourth-order valence-corrected chi connectivity index (χ4v) is 2.59. The van der Waals surface area contributed by atoms with Gasteiger partial charge in [0.2, 0.25) is 5.95 Å². The van der Waals surface area contributed by atoms with Gasteiger partial charge in [-0.1, -0.05) is 11.6 Å². The Hall–Kier alpha value is -2.15. The maximum absolute atomic E-state index is 12.1. The Kier molecular flexibility index (Phi) is 4.24. The molecule has 8 heteroatoms. The fraction of sp³-hybridized carbons (Fsp3) is 0.429. The first kappa shape index (κ1) is 14.8. The second kappa shape index (κ2) is 6.31. The molecule has 0 bridgehead atoms. The Morgan fingerprint density at radius 1 is 1.32 bits per heavy atom. The summed E-state index contributed by atoms with van der Waals surface area (Å²) in [5.74, 6) is 0.556. The number of hydrogen-bond acceptors (Lipinski definition) is 5. The van der Waals surface area contributed by atoms with Crippen molar-refractivity contribution in [1.29, 1.82) is 0 Å². The van der Waals surface area contributed by atoms with E-state index in [1.807, 2.05) is 0 Å². The molecule has 3 rings (SSSR count). The van der Waals surface area contributed by atoms with Crippen LogP contribution in [0.1, 0.15) is 23.3 Å². The lowest BCUT2D eigenvalue weighted by Gasteiger charge is -2.32. The molecular formula is C14H17ClN6O. The van der Waals surface area contributed by atoms with Crippen LogP contribution in [0.25, 0.3) is 0 Å². The van der Waals surface area contributed by atoms with Crippen LogP contribution in [-0.2, 0) is 7.05 Å². The predicted octanol–water partition coefficient (Wildman–Crippen LogP) is 1.26. The molecule has 1 aliphatic heterocycles. The summed E-state index contributed by atoms with van der Waals surface area (Å²) in [5, 5.41) is 7.66. The molecule has 0 unspecified atom stereocenters. The number of rotatable bonds is 3. The number of amides is 1. The van der Waals surface area contributed by atoms with Crippen LogP contribution in [0.15, 0.2) is 24.7 Å². The molecule has 3 heterocycles. The van der Waals surface area contributed by atoms with Crippen molar-refractivity contribution >= 4 is 23.5 Å². The molecule has 0 aromatic carbocycles. The molecule has 0 spiro atoms. The van der Waals surface area contributed by atoms with E-state index in [-0.39, 0.29) is 11.9 Å². The number of aryl methyl sites for hydroxylation is 1. The number of halogens is 1. The van der Waals surface area contributed by atoms with Gasteiger partial charge in [-0.05, 0) is 18.9 Å². The second-order valence-corrected chi connectivity index (χ2v) is 5.75. The van der Waals surface area contributed by atoms with Crippen molar-refractivity contribution in [3.05, 3.63) is 35.4 Å². The summed E-state index contributed by atoms with van der Waals surface area (Å²) in [6.45, 7) is 1.60. The number of aromatic nitrogens is 4. The van der Waals surface area contributed by atoms with Gasteiger partial charge in [0.1, 0.15) is 5.69 Å². The van der Waals surface area contributed by atoms with Gasteiger partial charge in [0.15, 0.2) is 0 Å². The monoisotopic (exact) mass is 320 g/mol. The third kappa shape index (κ3) is 3.36. The van der Waals surface area contributed by atoms with Crippen molar-refractivity contribution in [3.8, 4) is 0 Å². The highest BCUT2D eigenvalue weighted by Gasteiger charge is 2.23. The normalized spacial score (nSPS) is 15.8. The molecule has 0 saturated carbocycles. The van der Waals surface area contributed by atoms with E-state index in [9.17, 15) is 4.79 Å². The van der Waals surface area contributed by atoms with Gasteiger partial charge in [0.25, 0.3) is 5.91 Å². The average Bonchev–Trinajstić information content (AvgIpc) is 2.96. The van der Waals surface area contributed by atoms with Crippen LogP contribution in [-0.4, -0.2) is 44.8 Å². The quantitative estimate of drug-likeness (QED) is 0.921. The van der Waals surface area contributed by atoms with Crippen LogP contribution in [0.3, 0.4) is 0 Å². The number of piperidine rings is 1. The van der Waals surface area contributed by atoms with Crippen molar-refractivity contribution in [1.82, 2.24) is 25.1 Å². The molecule has 7 nitrogen and oxygen atoms in total.